The minimum Gasteiger partial charge on any atom is -0.507 e. The van der Waals surface area contributed by atoms with E-state index in [0.717, 1.165) is 33.4 Å². The second-order valence-electron chi connectivity index (χ2n) is 7.63. The van der Waals surface area contributed by atoms with Crippen LogP contribution in [0.4, 0.5) is 0 Å². The Kier molecular flexibility index (Phi) is 4.75. The Labute approximate surface area is 184 Å². The van der Waals surface area contributed by atoms with E-state index in [1.165, 1.54) is 11.1 Å². The summed E-state index contributed by atoms with van der Waals surface area (Å²) >= 11 is 6.51. The van der Waals surface area contributed by atoms with E-state index in [1.54, 1.807) is 18.2 Å². The van der Waals surface area contributed by atoms with Gasteiger partial charge >= 0.3 is 0 Å². The van der Waals surface area contributed by atoms with Crippen LogP contribution in [0.2, 0.25) is 5.02 Å². The van der Waals surface area contributed by atoms with E-state index in [4.69, 9.17) is 16.7 Å². The Morgan fingerprint density at radius 3 is 2.58 bits per heavy atom. The highest BCUT2D eigenvalue weighted by Crippen LogP contribution is 2.39. The van der Waals surface area contributed by atoms with Crippen LogP contribution in [0.5, 0.6) is 5.75 Å². The second-order valence-corrected chi connectivity index (χ2v) is 8.03. The number of amides is 1. The smallest absolute Gasteiger partial charge is 0.278 e. The van der Waals surface area contributed by atoms with Crippen LogP contribution in [0, 0.1) is 6.92 Å². The highest BCUT2D eigenvalue weighted by Gasteiger charge is 2.36. The molecule has 1 aliphatic rings. The first kappa shape index (κ1) is 19.4. The molecule has 3 aromatic carbocycles. The van der Waals surface area contributed by atoms with Crippen LogP contribution in [0.25, 0.3) is 10.9 Å². The zero-order valence-corrected chi connectivity index (χ0v) is 17.6. The molecule has 154 valence electrons. The summed E-state index contributed by atoms with van der Waals surface area (Å²) in [5.41, 5.74) is 4.86. The molecule has 1 aromatic heterocycles. The standard InChI is InChI=1S/C25H20ClN3O2/c1-15-24(17-9-3-6-12-20(17)27-15)21-14-22(16-8-2-5-11-19(16)26)29(28-21)25(31)18-10-4-7-13-23(18)30/h2-13,22,27,30H,14H2,1H3. The third kappa shape index (κ3) is 3.27. The van der Waals surface area contributed by atoms with Crippen LogP contribution in [0.3, 0.4) is 0 Å². The summed E-state index contributed by atoms with van der Waals surface area (Å²) < 4.78 is 0. The first-order valence-corrected chi connectivity index (χ1v) is 10.4. The molecule has 0 spiro atoms. The summed E-state index contributed by atoms with van der Waals surface area (Å²) in [5, 5.41) is 18.1. The van der Waals surface area contributed by atoms with Crippen LogP contribution in [-0.4, -0.2) is 26.7 Å². The van der Waals surface area contributed by atoms with Crippen molar-refractivity contribution in [2.45, 2.75) is 19.4 Å². The van der Waals surface area contributed by atoms with Gasteiger partial charge in [0.15, 0.2) is 0 Å². The monoisotopic (exact) mass is 429 g/mol. The van der Waals surface area contributed by atoms with Gasteiger partial charge in [0.25, 0.3) is 5.91 Å². The van der Waals surface area contributed by atoms with Gasteiger partial charge in [-0.3, -0.25) is 4.79 Å². The third-order valence-corrected chi connectivity index (χ3v) is 6.04. The quantitative estimate of drug-likeness (QED) is 0.430. The number of aromatic hydroxyl groups is 1. The van der Waals surface area contributed by atoms with Crippen LogP contribution in [0.15, 0.2) is 77.9 Å². The van der Waals surface area contributed by atoms with Crippen molar-refractivity contribution in [1.82, 2.24) is 9.99 Å². The lowest BCUT2D eigenvalue weighted by molar-refractivity contribution is 0.0708. The number of para-hydroxylation sites is 2. The summed E-state index contributed by atoms with van der Waals surface area (Å²) in [6.45, 7) is 2.01. The van der Waals surface area contributed by atoms with Crippen LogP contribution < -0.4 is 0 Å². The van der Waals surface area contributed by atoms with Gasteiger partial charge in [-0.2, -0.15) is 5.10 Å². The van der Waals surface area contributed by atoms with Gasteiger partial charge < -0.3 is 10.1 Å². The van der Waals surface area contributed by atoms with Crippen LogP contribution in [0.1, 0.15) is 39.6 Å². The summed E-state index contributed by atoms with van der Waals surface area (Å²) in [4.78, 5) is 16.8. The van der Waals surface area contributed by atoms with Gasteiger partial charge in [0.1, 0.15) is 5.75 Å². The summed E-state index contributed by atoms with van der Waals surface area (Å²) in [7, 11) is 0. The second kappa shape index (κ2) is 7.60. The van der Waals surface area contributed by atoms with Crippen LogP contribution >= 0.6 is 11.6 Å². The van der Waals surface area contributed by atoms with E-state index >= 15 is 0 Å². The number of aromatic amines is 1. The van der Waals surface area contributed by atoms with E-state index in [9.17, 15) is 9.90 Å². The molecule has 0 saturated heterocycles. The van der Waals surface area contributed by atoms with Crippen molar-refractivity contribution >= 4 is 34.1 Å². The number of nitrogens with zero attached hydrogens (tertiary/aromatic N) is 2. The molecule has 5 rings (SSSR count). The molecule has 2 N–H and O–H groups in total. The minimum absolute atomic E-state index is 0.0719. The number of phenolic OH excluding ortho intramolecular Hbond substituents is 1. The Morgan fingerprint density at radius 2 is 1.77 bits per heavy atom. The molecule has 6 heteroatoms. The van der Waals surface area contributed by atoms with Gasteiger partial charge in [0, 0.05) is 33.6 Å². The Morgan fingerprint density at radius 1 is 1.06 bits per heavy atom. The number of hydrogen-bond acceptors (Lipinski definition) is 3. The fourth-order valence-electron chi connectivity index (χ4n) is 4.26. The molecule has 5 nitrogen and oxygen atoms in total. The lowest BCUT2D eigenvalue weighted by atomic mass is 9.96. The molecule has 0 bridgehead atoms. The largest absolute Gasteiger partial charge is 0.507 e. The van der Waals surface area contributed by atoms with Gasteiger partial charge in [-0.1, -0.05) is 60.1 Å². The molecule has 0 aliphatic carbocycles. The maximum atomic E-state index is 13.4. The summed E-state index contributed by atoms with van der Waals surface area (Å²) in [6, 6.07) is 21.7. The molecule has 2 heterocycles. The van der Waals surface area contributed by atoms with E-state index in [0.29, 0.717) is 11.4 Å². The lowest BCUT2D eigenvalue weighted by Crippen LogP contribution is -2.27. The number of phenols is 1. The van der Waals surface area contributed by atoms with E-state index in [1.807, 2.05) is 49.4 Å². The molecule has 1 aliphatic heterocycles. The predicted molar refractivity (Wildman–Crippen MR) is 123 cm³/mol. The van der Waals surface area contributed by atoms with E-state index in [-0.39, 0.29) is 23.3 Å². The van der Waals surface area contributed by atoms with Crippen molar-refractivity contribution in [3.05, 3.63) is 100 Å². The fourth-order valence-corrected chi connectivity index (χ4v) is 4.52. The molecule has 0 radical (unpaired) electrons. The highest BCUT2D eigenvalue weighted by atomic mass is 35.5. The average Bonchev–Trinajstić information content (AvgIpc) is 3.34. The number of hydrazone groups is 1. The number of aryl methyl sites for hydroxylation is 1. The molecule has 4 aromatic rings. The molecule has 1 amide bonds. The van der Waals surface area contributed by atoms with E-state index < -0.39 is 0 Å². The van der Waals surface area contributed by atoms with Crippen molar-refractivity contribution in [1.29, 1.82) is 0 Å². The lowest BCUT2D eigenvalue weighted by Gasteiger charge is -2.23. The number of rotatable bonds is 3. The maximum Gasteiger partial charge on any atom is 0.278 e. The predicted octanol–water partition coefficient (Wildman–Crippen LogP) is 5.83. The molecule has 0 saturated carbocycles. The molecule has 1 atom stereocenters. The Balaban J connectivity index is 1.65. The maximum absolute atomic E-state index is 13.4. The van der Waals surface area contributed by atoms with Gasteiger partial charge in [-0.25, -0.2) is 5.01 Å². The number of H-pyrrole nitrogens is 1. The average molecular weight is 430 g/mol. The molecular formula is C25H20ClN3O2. The van der Waals surface area contributed by atoms with Crippen molar-refractivity contribution in [3.63, 3.8) is 0 Å². The van der Waals surface area contributed by atoms with Gasteiger partial charge in [-0.05, 0) is 36.8 Å². The topological polar surface area (TPSA) is 68.7 Å². The van der Waals surface area contributed by atoms with E-state index in [2.05, 4.69) is 11.1 Å². The third-order valence-electron chi connectivity index (χ3n) is 5.70. The van der Waals surface area contributed by atoms with Gasteiger partial charge in [-0.15, -0.1) is 0 Å². The fraction of sp³-hybridized carbons (Fsp3) is 0.120. The Bertz CT molecular complexity index is 1340. The number of aromatic nitrogens is 1. The number of halogens is 1. The van der Waals surface area contributed by atoms with Crippen molar-refractivity contribution < 1.29 is 9.90 Å². The first-order valence-electron chi connectivity index (χ1n) is 10.1. The molecule has 1 unspecified atom stereocenters. The Hall–Kier alpha value is -3.57. The van der Waals surface area contributed by atoms with Crippen molar-refractivity contribution in [2.75, 3.05) is 0 Å². The van der Waals surface area contributed by atoms with Gasteiger partial charge in [0.05, 0.1) is 17.3 Å². The van der Waals surface area contributed by atoms with Crippen LogP contribution in [-0.2, 0) is 0 Å². The number of carbonyl (C=O) groups excluding carboxylic acids is 1. The van der Waals surface area contributed by atoms with Crippen molar-refractivity contribution in [2.24, 2.45) is 5.10 Å². The van der Waals surface area contributed by atoms with Crippen molar-refractivity contribution in [3.8, 4) is 5.75 Å². The normalized spacial score (nSPS) is 16.0. The minimum atomic E-state index is -0.371. The van der Waals surface area contributed by atoms with Gasteiger partial charge in [0.2, 0.25) is 0 Å². The molecule has 0 fully saturated rings. The number of carbonyl (C=O) groups is 1. The number of nitrogens with one attached hydrogen (secondary N) is 1. The molecule has 31 heavy (non-hydrogen) atoms. The number of fused-ring (bicyclic) bond motifs is 1. The zero-order valence-electron chi connectivity index (χ0n) is 16.8. The summed E-state index contributed by atoms with van der Waals surface area (Å²) in [5.74, 6) is -0.437. The SMILES string of the molecule is Cc1[nH]c2ccccc2c1C1=NN(C(=O)c2ccccc2O)C(c2ccccc2Cl)C1. The first-order chi connectivity index (χ1) is 15.0. The zero-order chi connectivity index (χ0) is 21.5. The molecular weight excluding hydrogens is 410 g/mol. The number of benzene rings is 3. The summed E-state index contributed by atoms with van der Waals surface area (Å²) in [6.07, 6.45) is 0.520. The number of hydrogen-bond donors (Lipinski definition) is 2. The highest BCUT2D eigenvalue weighted by molar-refractivity contribution is 6.31.